The van der Waals surface area contributed by atoms with E-state index in [1.165, 1.54) is 64.4 Å². The third-order valence-corrected chi connectivity index (χ3v) is 20.2. The molecular formula is C72H52N4Si. The van der Waals surface area contributed by atoms with Crippen LogP contribution in [0.4, 0.5) is 34.1 Å². The van der Waals surface area contributed by atoms with Gasteiger partial charge < -0.3 is 18.9 Å². The molecule has 0 fully saturated rings. The topological polar surface area (TPSA) is 16.3 Å². The lowest BCUT2D eigenvalue weighted by molar-refractivity contribution is 1.18. The summed E-state index contributed by atoms with van der Waals surface area (Å²) < 4.78 is 4.87. The maximum atomic E-state index is 2.44. The largest absolute Gasteiger partial charge is 0.310 e. The Morgan fingerprint density at radius 1 is 0.208 bits per heavy atom. The number of anilines is 6. The van der Waals surface area contributed by atoms with E-state index >= 15 is 0 Å². The molecule has 0 spiro atoms. The van der Waals surface area contributed by atoms with Crippen LogP contribution in [0, 0.1) is 0 Å². The maximum absolute atomic E-state index is 2.93. The minimum Gasteiger partial charge on any atom is -0.310 e. The third-order valence-electron chi connectivity index (χ3n) is 15.4. The summed E-state index contributed by atoms with van der Waals surface area (Å²) in [5.41, 5.74) is 13.6. The Morgan fingerprint density at radius 3 is 0.818 bits per heavy atom. The highest BCUT2D eigenvalue weighted by atomic mass is 28.3. The average molecular weight is 1000 g/mol. The predicted octanol–water partition coefficient (Wildman–Crippen LogP) is 16.2. The highest BCUT2D eigenvalue weighted by Gasteiger charge is 2.41. The number of nitrogens with zero attached hydrogens (tertiary/aromatic N) is 4. The van der Waals surface area contributed by atoms with Crippen molar-refractivity contribution in [3.8, 4) is 11.4 Å². The van der Waals surface area contributed by atoms with Gasteiger partial charge in [0.15, 0.2) is 8.07 Å². The quantitative estimate of drug-likeness (QED) is 0.0896. The van der Waals surface area contributed by atoms with Crippen LogP contribution in [0.5, 0.6) is 0 Å². The third kappa shape index (κ3) is 7.83. The Bertz CT molecular complexity index is 3990. The van der Waals surface area contributed by atoms with E-state index in [-0.39, 0.29) is 0 Å². The number of hydrogen-bond acceptors (Lipinski definition) is 2. The van der Waals surface area contributed by atoms with Gasteiger partial charge in [-0.2, -0.15) is 0 Å². The smallest absolute Gasteiger partial charge is 0.179 e. The summed E-state index contributed by atoms with van der Waals surface area (Å²) in [5, 5.41) is 10.2. The molecule has 2 heterocycles. The zero-order valence-corrected chi connectivity index (χ0v) is 43.3. The molecule has 2 aromatic heterocycles. The average Bonchev–Trinajstić information content (AvgIpc) is 4.07. The summed E-state index contributed by atoms with van der Waals surface area (Å²) in [6.45, 7) is 0. The molecule has 0 unspecified atom stereocenters. The van der Waals surface area contributed by atoms with Crippen molar-refractivity contribution >= 4 is 107 Å². The van der Waals surface area contributed by atoms with Gasteiger partial charge in [0.2, 0.25) is 0 Å². The fourth-order valence-corrected chi connectivity index (χ4v) is 16.8. The molecule has 0 atom stereocenters. The van der Waals surface area contributed by atoms with E-state index in [1.54, 1.807) is 0 Å². The number of para-hydroxylation sites is 6. The zero-order chi connectivity index (χ0) is 51.1. The van der Waals surface area contributed by atoms with Gasteiger partial charge in [-0.25, -0.2) is 0 Å². The van der Waals surface area contributed by atoms with Crippen molar-refractivity contribution < 1.29 is 0 Å². The molecule has 0 N–H and O–H groups in total. The Hall–Kier alpha value is -9.94. The van der Waals surface area contributed by atoms with Crippen LogP contribution in [0.15, 0.2) is 315 Å². The highest BCUT2D eigenvalue weighted by molar-refractivity contribution is 7.19. The molecule has 364 valence electrons. The molecule has 14 rings (SSSR count). The number of aromatic nitrogens is 2. The molecule has 0 radical (unpaired) electrons. The van der Waals surface area contributed by atoms with Gasteiger partial charge in [0.05, 0.1) is 22.1 Å². The molecule has 0 aliphatic heterocycles. The van der Waals surface area contributed by atoms with Crippen LogP contribution in [-0.4, -0.2) is 17.2 Å². The minimum absolute atomic E-state index is 1.11. The van der Waals surface area contributed by atoms with Crippen LogP contribution < -0.4 is 30.5 Å². The molecule has 0 saturated heterocycles. The van der Waals surface area contributed by atoms with Gasteiger partial charge in [-0.05, 0) is 142 Å². The molecule has 4 nitrogen and oxygen atoms in total. The number of hydrogen-bond donors (Lipinski definition) is 0. The summed E-state index contributed by atoms with van der Waals surface area (Å²) in [5.74, 6) is 0. The molecule has 77 heavy (non-hydrogen) atoms. The van der Waals surface area contributed by atoms with E-state index in [0.717, 1.165) is 45.5 Å². The van der Waals surface area contributed by atoms with Crippen LogP contribution in [-0.2, 0) is 0 Å². The molecule has 0 amide bonds. The van der Waals surface area contributed by atoms with Crippen molar-refractivity contribution in [2.45, 2.75) is 0 Å². The van der Waals surface area contributed by atoms with Gasteiger partial charge in [-0.3, -0.25) is 0 Å². The van der Waals surface area contributed by atoms with Crippen molar-refractivity contribution in [3.63, 3.8) is 0 Å². The summed E-state index contributed by atoms with van der Waals surface area (Å²) in [6.07, 6.45) is 0. The zero-order valence-electron chi connectivity index (χ0n) is 42.3. The monoisotopic (exact) mass is 1000 g/mol. The second-order valence-corrected chi connectivity index (χ2v) is 23.5. The first-order valence-corrected chi connectivity index (χ1v) is 28.4. The van der Waals surface area contributed by atoms with Gasteiger partial charge in [0.1, 0.15) is 0 Å². The van der Waals surface area contributed by atoms with Gasteiger partial charge in [-0.1, -0.05) is 194 Å². The molecule has 0 saturated carbocycles. The first kappa shape index (κ1) is 45.7. The van der Waals surface area contributed by atoms with E-state index in [0.29, 0.717) is 0 Å². The Labute approximate surface area is 449 Å². The summed E-state index contributed by atoms with van der Waals surface area (Å²) in [6, 6.07) is 116. The first-order chi connectivity index (χ1) is 38.2. The van der Waals surface area contributed by atoms with Crippen LogP contribution in [0.25, 0.3) is 55.0 Å². The minimum atomic E-state index is -2.93. The summed E-state index contributed by atoms with van der Waals surface area (Å²) in [7, 11) is -2.93. The highest BCUT2D eigenvalue weighted by Crippen LogP contribution is 2.41. The van der Waals surface area contributed by atoms with Crippen LogP contribution in [0.1, 0.15) is 0 Å². The van der Waals surface area contributed by atoms with Gasteiger partial charge in [0.25, 0.3) is 0 Å². The molecule has 14 aromatic rings. The summed E-state index contributed by atoms with van der Waals surface area (Å²) >= 11 is 0. The van der Waals surface area contributed by atoms with Crippen molar-refractivity contribution in [2.24, 2.45) is 0 Å². The first-order valence-electron chi connectivity index (χ1n) is 26.4. The van der Waals surface area contributed by atoms with E-state index < -0.39 is 8.07 Å². The molecule has 0 aliphatic carbocycles. The van der Waals surface area contributed by atoms with Crippen molar-refractivity contribution in [3.05, 3.63) is 315 Å². The Balaban J connectivity index is 0.895. The molecule has 12 aromatic carbocycles. The molecule has 0 aliphatic rings. The lowest BCUT2D eigenvalue weighted by Crippen LogP contribution is -2.74. The number of benzene rings is 12. The van der Waals surface area contributed by atoms with Crippen molar-refractivity contribution in [2.75, 3.05) is 9.80 Å². The SMILES string of the molecule is c1ccc(N(c2ccccc2)c2ccc3c(c2)c2ccccc2n3-c2ccc([Si](c3ccccc3)(c3ccccc3)c3ccc(-n4c5ccccc5c5cc(N(c6ccccc6)c6ccccc6)ccc54)cc3)cc2)cc1. The van der Waals surface area contributed by atoms with E-state index in [4.69, 9.17) is 0 Å². The Morgan fingerprint density at radius 2 is 0.481 bits per heavy atom. The van der Waals surface area contributed by atoms with Gasteiger partial charge in [0, 0.05) is 67.0 Å². The predicted molar refractivity (Wildman–Crippen MR) is 328 cm³/mol. The van der Waals surface area contributed by atoms with Crippen LogP contribution in [0.3, 0.4) is 0 Å². The van der Waals surface area contributed by atoms with Crippen molar-refractivity contribution in [1.29, 1.82) is 0 Å². The number of fused-ring (bicyclic) bond motifs is 6. The molecule has 5 heteroatoms. The lowest BCUT2D eigenvalue weighted by Gasteiger charge is -2.34. The number of rotatable bonds is 12. The molecular weight excluding hydrogens is 949 g/mol. The summed E-state index contributed by atoms with van der Waals surface area (Å²) in [4.78, 5) is 4.69. The lowest BCUT2D eigenvalue weighted by atomic mass is 10.1. The standard InChI is InChI=1S/C72H52N4Si/c1-7-23-53(24-8-1)73(54-25-9-2-10-26-54)59-43-49-71-67(51-59)65-35-19-21-37-69(65)75(71)57-39-45-63(46-40-57)77(61-31-15-5-16-32-61,62-33-17-6-18-34-62)64-47-41-58(42-48-64)76-70-38-22-20-36-66(70)68-52-60(44-50-72(68)76)74(55-27-11-3-12-28-55)56-29-13-4-14-30-56/h1-52H. The van der Waals surface area contributed by atoms with Gasteiger partial charge >= 0.3 is 0 Å². The van der Waals surface area contributed by atoms with Crippen LogP contribution >= 0.6 is 0 Å². The van der Waals surface area contributed by atoms with Gasteiger partial charge in [-0.15, -0.1) is 0 Å². The van der Waals surface area contributed by atoms with E-state index in [2.05, 4.69) is 334 Å². The Kier molecular flexibility index (Phi) is 11.5. The van der Waals surface area contributed by atoms with E-state index in [1.807, 2.05) is 0 Å². The molecule has 0 bridgehead atoms. The normalized spacial score (nSPS) is 11.6. The maximum Gasteiger partial charge on any atom is 0.179 e. The second kappa shape index (κ2) is 19.4. The fourth-order valence-electron chi connectivity index (χ4n) is 12.1. The fraction of sp³-hybridized carbons (Fsp3) is 0. The second-order valence-electron chi connectivity index (χ2n) is 19.7. The van der Waals surface area contributed by atoms with Crippen LogP contribution in [0.2, 0.25) is 0 Å². The van der Waals surface area contributed by atoms with Crippen molar-refractivity contribution in [1.82, 2.24) is 9.13 Å². The van der Waals surface area contributed by atoms with E-state index in [9.17, 15) is 0 Å².